The maximum absolute atomic E-state index is 9.84. The SMILES string of the molecule is [2H]c1c([2H])c(N(c2ccc(-c3cccc4c3oc3ccccc34)cc2)c2c([2H])c([2H])c(-c3ccc4c(c3)C(c3ccccc3)(c3ccccc3)c3ccccc3-4)c([2H])c2[2H])c([2H])c([2H])c1-c1ccccc1. The Morgan fingerprint density at radius 2 is 0.873 bits per heavy atom. The maximum atomic E-state index is 9.84. The summed E-state index contributed by atoms with van der Waals surface area (Å²) in [5.41, 5.74) is 9.51. The van der Waals surface area contributed by atoms with Gasteiger partial charge in [-0.05, 0) is 110 Å². The Bertz CT molecular complexity index is 3810. The van der Waals surface area contributed by atoms with Gasteiger partial charge < -0.3 is 9.32 Å². The van der Waals surface area contributed by atoms with Crippen LogP contribution in [-0.4, -0.2) is 0 Å². The molecule has 1 aliphatic carbocycles. The Balaban J connectivity index is 1.07. The summed E-state index contributed by atoms with van der Waals surface area (Å²) in [5, 5.41) is 1.94. The van der Waals surface area contributed by atoms with E-state index in [2.05, 4.69) is 36.4 Å². The molecule has 0 saturated carbocycles. The van der Waals surface area contributed by atoms with Crippen molar-refractivity contribution in [2.75, 3.05) is 4.90 Å². The molecule has 1 aromatic heterocycles. The lowest BCUT2D eigenvalue weighted by Gasteiger charge is -2.34. The van der Waals surface area contributed by atoms with Gasteiger partial charge in [0.2, 0.25) is 0 Å². The minimum atomic E-state index is -0.774. The molecule has 0 saturated heterocycles. The summed E-state index contributed by atoms with van der Waals surface area (Å²) in [6.07, 6.45) is 0. The Labute approximate surface area is 378 Å². The first-order chi connectivity index (χ1) is 34.6. The monoisotopic (exact) mass is 811 g/mol. The molecule has 0 atom stereocenters. The Kier molecular flexibility index (Phi) is 6.96. The van der Waals surface area contributed by atoms with Gasteiger partial charge in [-0.2, -0.15) is 0 Å². The van der Waals surface area contributed by atoms with Crippen molar-refractivity contribution in [1.82, 2.24) is 0 Å². The lowest BCUT2D eigenvalue weighted by Crippen LogP contribution is -2.28. The average molecular weight is 812 g/mol. The zero-order chi connectivity index (χ0) is 48.7. The largest absolute Gasteiger partial charge is 0.455 e. The Hall–Kier alpha value is -8.20. The fourth-order valence-corrected chi connectivity index (χ4v) is 9.46. The number of para-hydroxylation sites is 2. The predicted octanol–water partition coefficient (Wildman–Crippen LogP) is 16.4. The summed E-state index contributed by atoms with van der Waals surface area (Å²) in [5.74, 6) is 0. The second-order valence-electron chi connectivity index (χ2n) is 15.8. The highest BCUT2D eigenvalue weighted by Crippen LogP contribution is 2.56. The topological polar surface area (TPSA) is 16.4 Å². The molecule has 0 radical (unpaired) electrons. The molecular weight excluding hydrogens is 763 g/mol. The van der Waals surface area contributed by atoms with E-state index in [1.54, 1.807) is 36.4 Å². The van der Waals surface area contributed by atoms with E-state index in [1.165, 1.54) is 4.90 Å². The van der Waals surface area contributed by atoms with Gasteiger partial charge in [0.25, 0.3) is 0 Å². The number of anilines is 3. The smallest absolute Gasteiger partial charge is 0.143 e. The molecule has 63 heavy (non-hydrogen) atoms. The molecule has 10 aromatic carbocycles. The summed E-state index contributed by atoms with van der Waals surface area (Å²) >= 11 is 0. The fourth-order valence-electron chi connectivity index (χ4n) is 9.46. The standard InChI is InChI=1S/C61H41NO/c1-4-15-42(16-5-1)43-27-34-49(35-28-43)62(51-38-31-45(32-39-51)52-23-14-24-56-55-22-11-13-26-59(55)63-60(52)56)50-36-29-44(30-37-50)46-33-40-54-53-21-10-12-25-57(53)61(58(54)41-46,47-17-6-2-7-18-47)48-19-8-3-9-20-48/h1-41H/i27D,28D,29D,30D,34D,35D,36D,37D. The second kappa shape index (κ2) is 15.1. The van der Waals surface area contributed by atoms with Gasteiger partial charge in [-0.1, -0.05) is 200 Å². The quantitative estimate of drug-likeness (QED) is 0.152. The van der Waals surface area contributed by atoms with Crippen LogP contribution in [0.15, 0.2) is 253 Å². The van der Waals surface area contributed by atoms with Crippen molar-refractivity contribution < 1.29 is 15.4 Å². The number of nitrogens with zero attached hydrogens (tertiary/aromatic N) is 1. The maximum Gasteiger partial charge on any atom is 0.143 e. The minimum absolute atomic E-state index is 0.0886. The van der Waals surface area contributed by atoms with Crippen molar-refractivity contribution in [3.63, 3.8) is 0 Å². The third kappa shape index (κ3) is 6.02. The van der Waals surface area contributed by atoms with Crippen LogP contribution >= 0.6 is 0 Å². The third-order valence-electron chi connectivity index (χ3n) is 12.3. The molecule has 1 aliphatic rings. The minimum Gasteiger partial charge on any atom is -0.455 e. The molecule has 0 bridgehead atoms. The number of furan rings is 1. The van der Waals surface area contributed by atoms with Crippen LogP contribution < -0.4 is 4.90 Å². The van der Waals surface area contributed by atoms with Crippen molar-refractivity contribution in [1.29, 1.82) is 0 Å². The van der Waals surface area contributed by atoms with Gasteiger partial charge in [-0.3, -0.25) is 0 Å². The lowest BCUT2D eigenvalue weighted by molar-refractivity contribution is 0.670. The normalized spacial score (nSPS) is 14.3. The highest BCUT2D eigenvalue weighted by atomic mass is 16.3. The zero-order valence-corrected chi connectivity index (χ0v) is 33.9. The average Bonchev–Trinajstić information content (AvgIpc) is 3.94. The molecule has 2 heteroatoms. The lowest BCUT2D eigenvalue weighted by atomic mass is 9.67. The second-order valence-corrected chi connectivity index (χ2v) is 15.8. The number of benzene rings is 10. The summed E-state index contributed by atoms with van der Waals surface area (Å²) in [6.45, 7) is 0. The first kappa shape index (κ1) is 29.1. The zero-order valence-electron chi connectivity index (χ0n) is 41.9. The van der Waals surface area contributed by atoms with Crippen molar-refractivity contribution in [2.24, 2.45) is 0 Å². The number of hydrogen-bond acceptors (Lipinski definition) is 2. The summed E-state index contributed by atoms with van der Waals surface area (Å²) in [7, 11) is 0. The molecule has 0 spiro atoms. The van der Waals surface area contributed by atoms with Crippen LogP contribution in [0.4, 0.5) is 17.1 Å². The summed E-state index contributed by atoms with van der Waals surface area (Å²) < 4.78 is 83.3. The van der Waals surface area contributed by atoms with Crippen LogP contribution in [0.1, 0.15) is 33.2 Å². The molecule has 0 fully saturated rings. The number of rotatable bonds is 8. The van der Waals surface area contributed by atoms with Crippen LogP contribution in [-0.2, 0) is 5.41 Å². The van der Waals surface area contributed by atoms with Gasteiger partial charge >= 0.3 is 0 Å². The fraction of sp³-hybridized carbons (Fsp3) is 0.0164. The number of fused-ring (bicyclic) bond motifs is 6. The molecule has 2 nitrogen and oxygen atoms in total. The molecule has 0 unspecified atom stereocenters. The molecule has 0 N–H and O–H groups in total. The van der Waals surface area contributed by atoms with E-state index in [9.17, 15) is 11.0 Å². The van der Waals surface area contributed by atoms with E-state index in [4.69, 9.17) is 4.42 Å². The molecule has 296 valence electrons. The van der Waals surface area contributed by atoms with E-state index >= 15 is 0 Å². The Morgan fingerprint density at radius 1 is 0.349 bits per heavy atom. The van der Waals surface area contributed by atoms with E-state index in [0.29, 0.717) is 22.4 Å². The van der Waals surface area contributed by atoms with E-state index in [-0.39, 0.29) is 46.7 Å². The van der Waals surface area contributed by atoms with E-state index in [1.807, 2.05) is 127 Å². The summed E-state index contributed by atoms with van der Waals surface area (Å²) in [4.78, 5) is 1.35. The molecule has 1 heterocycles. The highest BCUT2D eigenvalue weighted by molar-refractivity contribution is 6.09. The molecule has 11 aromatic rings. The first-order valence-electron chi connectivity index (χ1n) is 25.0. The van der Waals surface area contributed by atoms with E-state index < -0.39 is 29.6 Å². The first-order valence-corrected chi connectivity index (χ1v) is 21.0. The van der Waals surface area contributed by atoms with Gasteiger partial charge in [0.1, 0.15) is 11.2 Å². The predicted molar refractivity (Wildman–Crippen MR) is 262 cm³/mol. The van der Waals surface area contributed by atoms with Crippen LogP contribution in [0.2, 0.25) is 0 Å². The van der Waals surface area contributed by atoms with Crippen molar-refractivity contribution in [2.45, 2.75) is 5.41 Å². The summed E-state index contributed by atoms with van der Waals surface area (Å²) in [6, 6.07) is 61.6. The molecule has 12 rings (SSSR count). The van der Waals surface area contributed by atoms with Crippen LogP contribution in [0.25, 0.3) is 66.4 Å². The van der Waals surface area contributed by atoms with Crippen LogP contribution in [0.3, 0.4) is 0 Å². The van der Waals surface area contributed by atoms with E-state index in [0.717, 1.165) is 60.9 Å². The number of hydrogen-bond donors (Lipinski definition) is 0. The van der Waals surface area contributed by atoms with Gasteiger partial charge in [0, 0.05) is 33.4 Å². The third-order valence-corrected chi connectivity index (χ3v) is 12.3. The van der Waals surface area contributed by atoms with Crippen molar-refractivity contribution in [3.05, 3.63) is 271 Å². The van der Waals surface area contributed by atoms with Gasteiger partial charge in [0.15, 0.2) is 0 Å². The molecule has 0 amide bonds. The van der Waals surface area contributed by atoms with Crippen molar-refractivity contribution in [3.8, 4) is 44.5 Å². The highest BCUT2D eigenvalue weighted by Gasteiger charge is 2.46. The van der Waals surface area contributed by atoms with Gasteiger partial charge in [-0.15, -0.1) is 0 Å². The molecular formula is C61H41NO. The van der Waals surface area contributed by atoms with Gasteiger partial charge in [-0.25, -0.2) is 0 Å². The van der Waals surface area contributed by atoms with Crippen LogP contribution in [0.5, 0.6) is 0 Å². The van der Waals surface area contributed by atoms with Gasteiger partial charge in [0.05, 0.1) is 16.4 Å². The van der Waals surface area contributed by atoms with Crippen molar-refractivity contribution >= 4 is 39.0 Å². The Morgan fingerprint density at radius 3 is 1.56 bits per heavy atom. The van der Waals surface area contributed by atoms with Crippen LogP contribution in [0, 0.1) is 0 Å². The molecule has 0 aliphatic heterocycles.